The van der Waals surface area contributed by atoms with Crippen LogP contribution in [-0.2, 0) is 21.0 Å². The third-order valence-electron chi connectivity index (χ3n) is 5.17. The molecule has 1 unspecified atom stereocenters. The fourth-order valence-electron chi connectivity index (χ4n) is 3.52. The second kappa shape index (κ2) is 11.1. The maximum atomic E-state index is 13.0. The van der Waals surface area contributed by atoms with Crippen LogP contribution in [0.5, 0.6) is 5.75 Å². The number of piperidine rings is 1. The Hall–Kier alpha value is -3.43. The molecule has 0 spiro atoms. The van der Waals surface area contributed by atoms with Crippen LogP contribution in [0.4, 0.5) is 4.79 Å². The fraction of sp³-hybridized carbons (Fsp3) is 0.400. The summed E-state index contributed by atoms with van der Waals surface area (Å²) < 4.78 is 11.0. The molecule has 1 aliphatic rings. The van der Waals surface area contributed by atoms with Gasteiger partial charge in [0.2, 0.25) is 5.91 Å². The van der Waals surface area contributed by atoms with Gasteiger partial charge >= 0.3 is 12.1 Å². The topological polar surface area (TPSA) is 120 Å². The molecule has 1 saturated heterocycles. The van der Waals surface area contributed by atoms with Crippen molar-refractivity contribution in [3.8, 4) is 5.75 Å². The van der Waals surface area contributed by atoms with E-state index in [1.165, 1.54) is 29.2 Å². The first-order valence-electron chi connectivity index (χ1n) is 11.1. The van der Waals surface area contributed by atoms with Crippen LogP contribution in [0.2, 0.25) is 0 Å². The van der Waals surface area contributed by atoms with Gasteiger partial charge in [0.15, 0.2) is 0 Å². The summed E-state index contributed by atoms with van der Waals surface area (Å²) in [6.45, 7) is 5.88. The van der Waals surface area contributed by atoms with Crippen LogP contribution in [0.15, 0.2) is 54.6 Å². The van der Waals surface area contributed by atoms with E-state index in [0.717, 1.165) is 5.56 Å². The van der Waals surface area contributed by atoms with Crippen molar-refractivity contribution in [3.05, 3.63) is 65.7 Å². The SMILES string of the molecule is CC(C)(C)OC(=O)N1C[C@H](NOCc2ccccc2)CCC1C(=O)Oc1ccc(C(N)=O)cc1. The molecule has 2 atom stereocenters. The summed E-state index contributed by atoms with van der Waals surface area (Å²) in [5, 5.41) is 0. The number of rotatable bonds is 7. The summed E-state index contributed by atoms with van der Waals surface area (Å²) in [5.41, 5.74) is 8.84. The van der Waals surface area contributed by atoms with E-state index in [0.29, 0.717) is 25.0 Å². The monoisotopic (exact) mass is 469 g/mol. The van der Waals surface area contributed by atoms with Crippen molar-refractivity contribution in [3.63, 3.8) is 0 Å². The zero-order valence-electron chi connectivity index (χ0n) is 19.7. The number of carbonyl (C=O) groups is 3. The summed E-state index contributed by atoms with van der Waals surface area (Å²) in [6.07, 6.45) is 0.353. The first kappa shape index (κ1) is 25.2. The molecule has 182 valence electrons. The van der Waals surface area contributed by atoms with Crippen LogP contribution < -0.4 is 16.0 Å². The van der Waals surface area contributed by atoms with Crippen molar-refractivity contribution in [1.29, 1.82) is 0 Å². The number of hydrogen-bond acceptors (Lipinski definition) is 7. The number of nitrogens with one attached hydrogen (secondary N) is 1. The normalized spacial score (nSPS) is 18.3. The Bertz CT molecular complexity index is 988. The van der Waals surface area contributed by atoms with E-state index in [2.05, 4.69) is 5.48 Å². The van der Waals surface area contributed by atoms with Gasteiger partial charge < -0.3 is 15.2 Å². The standard InChI is InChI=1S/C25H31N3O6/c1-25(2,3)34-24(31)28-15-19(27-32-16-17-7-5-4-6-8-17)11-14-21(28)23(30)33-20-12-9-18(10-13-20)22(26)29/h4-10,12-13,19,21,27H,11,14-16H2,1-3H3,(H2,26,29)/t19-,21?/m1/s1. The first-order chi connectivity index (χ1) is 16.1. The van der Waals surface area contributed by atoms with E-state index in [1.807, 2.05) is 30.3 Å². The quantitative estimate of drug-likeness (QED) is 0.363. The molecule has 1 fully saturated rings. The predicted molar refractivity (Wildman–Crippen MR) is 125 cm³/mol. The molecule has 2 aromatic rings. The molecular weight excluding hydrogens is 438 g/mol. The highest BCUT2D eigenvalue weighted by atomic mass is 16.6. The van der Waals surface area contributed by atoms with Crippen LogP contribution in [-0.4, -0.2) is 47.1 Å². The number of hydroxylamine groups is 1. The molecule has 1 heterocycles. The molecule has 0 saturated carbocycles. The average molecular weight is 470 g/mol. The van der Waals surface area contributed by atoms with Crippen molar-refractivity contribution >= 4 is 18.0 Å². The van der Waals surface area contributed by atoms with Crippen LogP contribution in [0, 0.1) is 0 Å². The summed E-state index contributed by atoms with van der Waals surface area (Å²) in [6, 6.07) is 14.6. The van der Waals surface area contributed by atoms with Gasteiger partial charge in [-0.15, -0.1) is 0 Å². The van der Waals surface area contributed by atoms with Crippen molar-refractivity contribution in [2.75, 3.05) is 6.54 Å². The molecule has 9 heteroatoms. The van der Waals surface area contributed by atoms with E-state index in [9.17, 15) is 14.4 Å². The molecule has 0 aliphatic carbocycles. The number of benzene rings is 2. The minimum atomic E-state index is -0.821. The minimum Gasteiger partial charge on any atom is -0.444 e. The van der Waals surface area contributed by atoms with E-state index in [1.54, 1.807) is 20.8 Å². The Balaban J connectivity index is 1.65. The number of amides is 2. The van der Waals surface area contributed by atoms with E-state index < -0.39 is 29.6 Å². The number of esters is 1. The van der Waals surface area contributed by atoms with Gasteiger partial charge in [-0.05, 0) is 63.4 Å². The lowest BCUT2D eigenvalue weighted by Gasteiger charge is -2.38. The number of primary amides is 1. The molecule has 9 nitrogen and oxygen atoms in total. The Morgan fingerprint density at radius 3 is 2.32 bits per heavy atom. The molecule has 1 aliphatic heterocycles. The van der Waals surface area contributed by atoms with Gasteiger partial charge in [0.1, 0.15) is 17.4 Å². The smallest absolute Gasteiger partial charge is 0.411 e. The zero-order chi connectivity index (χ0) is 24.7. The Kier molecular flexibility index (Phi) is 8.25. The molecule has 3 rings (SSSR count). The van der Waals surface area contributed by atoms with Crippen LogP contribution in [0.3, 0.4) is 0 Å². The first-order valence-corrected chi connectivity index (χ1v) is 11.1. The second-order valence-electron chi connectivity index (χ2n) is 9.12. The molecular formula is C25H31N3O6. The number of nitrogens with zero attached hydrogens (tertiary/aromatic N) is 1. The van der Waals surface area contributed by atoms with Gasteiger partial charge in [0.05, 0.1) is 12.6 Å². The van der Waals surface area contributed by atoms with Crippen molar-refractivity contribution in [1.82, 2.24) is 10.4 Å². The van der Waals surface area contributed by atoms with Crippen molar-refractivity contribution in [2.45, 2.75) is 57.9 Å². The second-order valence-corrected chi connectivity index (χ2v) is 9.12. The van der Waals surface area contributed by atoms with E-state index >= 15 is 0 Å². The van der Waals surface area contributed by atoms with Crippen molar-refractivity contribution in [2.24, 2.45) is 5.73 Å². The summed E-state index contributed by atoms with van der Waals surface area (Å²) in [4.78, 5) is 44.1. The molecule has 2 aromatic carbocycles. The van der Waals surface area contributed by atoms with Gasteiger partial charge in [0.25, 0.3) is 0 Å². The largest absolute Gasteiger partial charge is 0.444 e. The number of likely N-dealkylation sites (tertiary alicyclic amines) is 1. The molecule has 3 N–H and O–H groups in total. The lowest BCUT2D eigenvalue weighted by molar-refractivity contribution is -0.142. The zero-order valence-corrected chi connectivity index (χ0v) is 19.7. The lowest BCUT2D eigenvalue weighted by Crippen LogP contribution is -2.57. The van der Waals surface area contributed by atoms with Crippen LogP contribution in [0.25, 0.3) is 0 Å². The molecule has 0 radical (unpaired) electrons. The van der Waals surface area contributed by atoms with Gasteiger partial charge in [0, 0.05) is 12.1 Å². The third-order valence-corrected chi connectivity index (χ3v) is 5.17. The summed E-state index contributed by atoms with van der Waals surface area (Å²) >= 11 is 0. The number of hydrogen-bond donors (Lipinski definition) is 2. The summed E-state index contributed by atoms with van der Waals surface area (Å²) in [5.74, 6) is -0.902. The highest BCUT2D eigenvalue weighted by Gasteiger charge is 2.39. The highest BCUT2D eigenvalue weighted by molar-refractivity contribution is 5.93. The van der Waals surface area contributed by atoms with Gasteiger partial charge in [-0.3, -0.25) is 14.5 Å². The van der Waals surface area contributed by atoms with Gasteiger partial charge in [-0.2, -0.15) is 5.48 Å². The molecule has 0 bridgehead atoms. The predicted octanol–water partition coefficient (Wildman–Crippen LogP) is 3.18. The van der Waals surface area contributed by atoms with E-state index in [4.69, 9.17) is 20.0 Å². The Morgan fingerprint density at radius 1 is 1.03 bits per heavy atom. The van der Waals surface area contributed by atoms with Crippen LogP contribution in [0.1, 0.15) is 49.5 Å². The molecule has 34 heavy (non-hydrogen) atoms. The minimum absolute atomic E-state index is 0.185. The van der Waals surface area contributed by atoms with E-state index in [-0.39, 0.29) is 18.3 Å². The maximum Gasteiger partial charge on any atom is 0.411 e. The summed E-state index contributed by atoms with van der Waals surface area (Å²) in [7, 11) is 0. The number of nitrogens with two attached hydrogens (primary N) is 1. The van der Waals surface area contributed by atoms with Crippen LogP contribution >= 0.6 is 0 Å². The number of ether oxygens (including phenoxy) is 2. The maximum absolute atomic E-state index is 13.0. The number of carbonyl (C=O) groups excluding carboxylic acids is 3. The Labute approximate surface area is 199 Å². The fourth-order valence-corrected chi connectivity index (χ4v) is 3.52. The average Bonchev–Trinajstić information content (AvgIpc) is 2.79. The third kappa shape index (κ3) is 7.29. The highest BCUT2D eigenvalue weighted by Crippen LogP contribution is 2.23. The van der Waals surface area contributed by atoms with Crippen molar-refractivity contribution < 1.29 is 28.7 Å². The lowest BCUT2D eigenvalue weighted by atomic mass is 9.99. The molecule has 0 aromatic heterocycles. The van der Waals surface area contributed by atoms with Gasteiger partial charge in [-0.25, -0.2) is 9.59 Å². The molecule has 2 amide bonds. The van der Waals surface area contributed by atoms with Gasteiger partial charge in [-0.1, -0.05) is 30.3 Å². The Morgan fingerprint density at radius 2 is 1.71 bits per heavy atom.